The van der Waals surface area contributed by atoms with Crippen LogP contribution in [0.1, 0.15) is 11.4 Å². The third-order valence-electron chi connectivity index (χ3n) is 2.74. The largest absolute Gasteiger partial charge is 0.356 e. The predicted octanol–water partition coefficient (Wildman–Crippen LogP) is 1.80. The Balaban J connectivity index is 1.86. The summed E-state index contributed by atoms with van der Waals surface area (Å²) in [5.41, 5.74) is 1.71. The molecule has 104 valence electrons. The first-order valence-electron chi connectivity index (χ1n) is 5.89. The average Bonchev–Trinajstić information content (AvgIpc) is 2.96. The van der Waals surface area contributed by atoms with Crippen molar-refractivity contribution in [1.82, 2.24) is 15.4 Å². The fraction of sp³-hybridized carbons (Fsp3) is 0.167. The summed E-state index contributed by atoms with van der Waals surface area (Å²) in [7, 11) is -3.59. The SMILES string of the molecule is Cc1cc(NS(=O)(=O)Cc2noc3ccccc23)n[nH]1. The number of H-pyrrole nitrogens is 1. The van der Waals surface area contributed by atoms with Crippen LogP contribution in [0.3, 0.4) is 0 Å². The fourth-order valence-corrected chi connectivity index (χ4v) is 2.95. The topological polar surface area (TPSA) is 101 Å². The van der Waals surface area contributed by atoms with Crippen molar-refractivity contribution in [2.24, 2.45) is 0 Å². The molecule has 0 aliphatic rings. The van der Waals surface area contributed by atoms with E-state index in [-0.39, 0.29) is 11.6 Å². The third kappa shape index (κ3) is 2.50. The fourth-order valence-electron chi connectivity index (χ4n) is 1.89. The summed E-state index contributed by atoms with van der Waals surface area (Å²) in [4.78, 5) is 0. The maximum atomic E-state index is 12.1. The maximum absolute atomic E-state index is 12.1. The number of aromatic amines is 1. The number of benzene rings is 1. The Morgan fingerprint density at radius 3 is 2.90 bits per heavy atom. The Kier molecular flexibility index (Phi) is 2.94. The number of anilines is 1. The molecule has 2 N–H and O–H groups in total. The van der Waals surface area contributed by atoms with E-state index in [1.807, 2.05) is 0 Å². The zero-order chi connectivity index (χ0) is 14.2. The van der Waals surface area contributed by atoms with E-state index in [2.05, 4.69) is 20.1 Å². The third-order valence-corrected chi connectivity index (χ3v) is 3.92. The van der Waals surface area contributed by atoms with Crippen molar-refractivity contribution in [3.05, 3.63) is 41.7 Å². The Bertz CT molecular complexity index is 850. The Hall–Kier alpha value is -2.35. The van der Waals surface area contributed by atoms with Gasteiger partial charge in [0.05, 0.1) is 0 Å². The molecule has 0 aliphatic carbocycles. The molecule has 0 spiro atoms. The van der Waals surface area contributed by atoms with E-state index in [0.717, 1.165) is 5.69 Å². The van der Waals surface area contributed by atoms with Gasteiger partial charge in [-0.1, -0.05) is 17.3 Å². The number of rotatable bonds is 4. The monoisotopic (exact) mass is 292 g/mol. The second kappa shape index (κ2) is 4.64. The van der Waals surface area contributed by atoms with Gasteiger partial charge in [0.2, 0.25) is 10.0 Å². The zero-order valence-electron chi connectivity index (χ0n) is 10.6. The normalized spacial score (nSPS) is 11.8. The summed E-state index contributed by atoms with van der Waals surface area (Å²) in [6.45, 7) is 1.79. The van der Waals surface area contributed by atoms with Crippen LogP contribution in [-0.4, -0.2) is 23.8 Å². The molecule has 2 aromatic heterocycles. The molecule has 0 fully saturated rings. The van der Waals surface area contributed by atoms with Crippen molar-refractivity contribution < 1.29 is 12.9 Å². The number of para-hydroxylation sites is 1. The molecule has 3 aromatic rings. The van der Waals surface area contributed by atoms with Gasteiger partial charge < -0.3 is 4.52 Å². The Morgan fingerprint density at radius 1 is 1.35 bits per heavy atom. The first-order chi connectivity index (χ1) is 9.53. The van der Waals surface area contributed by atoms with Gasteiger partial charge in [0.1, 0.15) is 11.4 Å². The van der Waals surface area contributed by atoms with E-state index < -0.39 is 10.0 Å². The van der Waals surface area contributed by atoms with Crippen LogP contribution in [-0.2, 0) is 15.8 Å². The number of hydrogen-bond acceptors (Lipinski definition) is 5. The molecule has 0 bridgehead atoms. The van der Waals surface area contributed by atoms with Crippen molar-refractivity contribution >= 4 is 26.8 Å². The standard InChI is InChI=1S/C12H12N4O3S/c1-8-6-12(14-13-8)16-20(17,18)7-10-9-4-2-3-5-11(9)19-15-10/h2-6H,7H2,1H3,(H2,13,14,16). The number of nitrogens with one attached hydrogen (secondary N) is 2. The van der Waals surface area contributed by atoms with E-state index in [1.54, 1.807) is 37.3 Å². The number of aryl methyl sites for hydroxylation is 1. The number of hydrogen-bond donors (Lipinski definition) is 2. The van der Waals surface area contributed by atoms with Crippen molar-refractivity contribution in [3.63, 3.8) is 0 Å². The lowest BCUT2D eigenvalue weighted by molar-refractivity contribution is 0.448. The van der Waals surface area contributed by atoms with E-state index in [1.165, 1.54) is 0 Å². The highest BCUT2D eigenvalue weighted by molar-refractivity contribution is 7.91. The average molecular weight is 292 g/mol. The summed E-state index contributed by atoms with van der Waals surface area (Å²) in [5.74, 6) is -0.00840. The molecule has 2 heterocycles. The van der Waals surface area contributed by atoms with Gasteiger partial charge in [-0.15, -0.1) is 0 Å². The molecule has 0 radical (unpaired) electrons. The highest BCUT2D eigenvalue weighted by atomic mass is 32.2. The molecular formula is C12H12N4O3S. The van der Waals surface area contributed by atoms with Gasteiger partial charge in [0, 0.05) is 17.1 Å². The van der Waals surface area contributed by atoms with Crippen LogP contribution in [0, 0.1) is 6.92 Å². The summed E-state index contributed by atoms with van der Waals surface area (Å²) in [5, 5.41) is 11.0. The molecule has 0 amide bonds. The molecule has 20 heavy (non-hydrogen) atoms. The van der Waals surface area contributed by atoms with Crippen LogP contribution in [0.25, 0.3) is 11.0 Å². The van der Waals surface area contributed by atoms with Gasteiger partial charge in [0.15, 0.2) is 11.4 Å². The van der Waals surface area contributed by atoms with E-state index in [9.17, 15) is 8.42 Å². The number of sulfonamides is 1. The van der Waals surface area contributed by atoms with Crippen LogP contribution in [0.15, 0.2) is 34.9 Å². The van der Waals surface area contributed by atoms with Crippen LogP contribution < -0.4 is 4.72 Å². The summed E-state index contributed by atoms with van der Waals surface area (Å²) in [6.07, 6.45) is 0. The van der Waals surface area contributed by atoms with Crippen molar-refractivity contribution in [3.8, 4) is 0 Å². The van der Waals surface area contributed by atoms with Gasteiger partial charge in [0.25, 0.3) is 0 Å². The Labute approximate surface area is 115 Å². The minimum atomic E-state index is -3.59. The van der Waals surface area contributed by atoms with Gasteiger partial charge >= 0.3 is 0 Å². The minimum Gasteiger partial charge on any atom is -0.356 e. The molecule has 0 saturated heterocycles. The molecule has 0 unspecified atom stereocenters. The highest BCUT2D eigenvalue weighted by Crippen LogP contribution is 2.20. The Morgan fingerprint density at radius 2 is 2.15 bits per heavy atom. The van der Waals surface area contributed by atoms with Crippen LogP contribution in [0.4, 0.5) is 5.82 Å². The van der Waals surface area contributed by atoms with Crippen molar-refractivity contribution in [2.45, 2.75) is 12.7 Å². The lowest BCUT2D eigenvalue weighted by atomic mass is 10.2. The molecule has 0 aliphatic heterocycles. The van der Waals surface area contributed by atoms with Crippen LogP contribution >= 0.6 is 0 Å². The van der Waals surface area contributed by atoms with Crippen molar-refractivity contribution in [2.75, 3.05) is 4.72 Å². The molecule has 1 aromatic carbocycles. The van der Waals surface area contributed by atoms with Crippen LogP contribution in [0.2, 0.25) is 0 Å². The van der Waals surface area contributed by atoms with Gasteiger partial charge in [-0.05, 0) is 19.1 Å². The lowest BCUT2D eigenvalue weighted by Gasteiger charge is -2.02. The number of nitrogens with zero attached hydrogens (tertiary/aromatic N) is 2. The molecule has 0 atom stereocenters. The summed E-state index contributed by atoms with van der Waals surface area (Å²) in [6, 6.07) is 8.73. The predicted molar refractivity (Wildman–Crippen MR) is 73.6 cm³/mol. The molecular weight excluding hydrogens is 280 g/mol. The molecule has 8 heteroatoms. The zero-order valence-corrected chi connectivity index (χ0v) is 11.4. The van der Waals surface area contributed by atoms with Crippen molar-refractivity contribution in [1.29, 1.82) is 0 Å². The first-order valence-corrected chi connectivity index (χ1v) is 7.54. The van der Waals surface area contributed by atoms with E-state index in [0.29, 0.717) is 16.7 Å². The number of fused-ring (bicyclic) bond motifs is 1. The second-order valence-electron chi connectivity index (χ2n) is 4.42. The lowest BCUT2D eigenvalue weighted by Crippen LogP contribution is -2.15. The van der Waals surface area contributed by atoms with Crippen LogP contribution in [0.5, 0.6) is 0 Å². The molecule has 0 saturated carbocycles. The quantitative estimate of drug-likeness (QED) is 0.763. The number of aromatic nitrogens is 3. The maximum Gasteiger partial charge on any atom is 0.239 e. The smallest absolute Gasteiger partial charge is 0.239 e. The highest BCUT2D eigenvalue weighted by Gasteiger charge is 2.18. The first kappa shape index (κ1) is 12.7. The molecule has 3 rings (SSSR count). The second-order valence-corrected chi connectivity index (χ2v) is 6.15. The summed E-state index contributed by atoms with van der Waals surface area (Å²) >= 11 is 0. The minimum absolute atomic E-state index is 0.260. The summed E-state index contributed by atoms with van der Waals surface area (Å²) < 4.78 is 31.6. The van der Waals surface area contributed by atoms with Gasteiger partial charge in [-0.25, -0.2) is 8.42 Å². The van der Waals surface area contributed by atoms with E-state index >= 15 is 0 Å². The molecule has 7 nitrogen and oxygen atoms in total. The van der Waals surface area contributed by atoms with Gasteiger partial charge in [-0.2, -0.15) is 5.10 Å². The van der Waals surface area contributed by atoms with Gasteiger partial charge in [-0.3, -0.25) is 9.82 Å². The van der Waals surface area contributed by atoms with E-state index in [4.69, 9.17) is 4.52 Å².